The van der Waals surface area contributed by atoms with Gasteiger partial charge in [0.1, 0.15) is 17.3 Å². The third kappa shape index (κ3) is 5.20. The largest absolute Gasteiger partial charge is 0.495 e. The van der Waals surface area contributed by atoms with Gasteiger partial charge in [0.15, 0.2) is 0 Å². The van der Waals surface area contributed by atoms with Crippen molar-refractivity contribution in [1.82, 2.24) is 5.32 Å². The van der Waals surface area contributed by atoms with E-state index in [2.05, 4.69) is 5.32 Å². The van der Waals surface area contributed by atoms with Crippen LogP contribution in [-0.2, 0) is 16.6 Å². The highest BCUT2D eigenvalue weighted by Crippen LogP contribution is 2.39. The molecule has 0 saturated carbocycles. The second kappa shape index (κ2) is 10.1. The number of sulfonamides is 1. The molecule has 3 aromatic carbocycles. The standard InChI is InChI=1S/C23H22ClFN2O5S/c1-27(20-12-18(24)21(31-2)13-22(20)32-3)33(29,30)17-9-6-8-15(11-17)23(28)26-14-16-7-4-5-10-19(16)25/h4-13H,14H2,1-3H3,(H,26,28). The smallest absolute Gasteiger partial charge is 0.264 e. The third-order valence-electron chi connectivity index (χ3n) is 4.94. The molecular formula is C23H22ClFN2O5S. The molecule has 0 bridgehead atoms. The van der Waals surface area contributed by atoms with Crippen LogP contribution in [0.25, 0.3) is 0 Å². The molecule has 0 aliphatic heterocycles. The summed E-state index contributed by atoms with van der Waals surface area (Å²) in [5.41, 5.74) is 0.621. The van der Waals surface area contributed by atoms with Gasteiger partial charge in [0.25, 0.3) is 15.9 Å². The molecule has 0 aliphatic carbocycles. The van der Waals surface area contributed by atoms with Gasteiger partial charge in [-0.2, -0.15) is 0 Å². The maximum absolute atomic E-state index is 13.8. The fourth-order valence-electron chi connectivity index (χ4n) is 3.09. The zero-order valence-corrected chi connectivity index (χ0v) is 19.7. The summed E-state index contributed by atoms with van der Waals surface area (Å²) in [6.45, 7) is -0.0378. The Morgan fingerprint density at radius 1 is 1.03 bits per heavy atom. The number of hydrogen-bond donors (Lipinski definition) is 1. The minimum absolute atomic E-state index is 0.0378. The van der Waals surface area contributed by atoms with Crippen LogP contribution < -0.4 is 19.1 Å². The van der Waals surface area contributed by atoms with Gasteiger partial charge in [-0.3, -0.25) is 9.10 Å². The van der Waals surface area contributed by atoms with Crippen LogP contribution in [0, 0.1) is 5.82 Å². The molecule has 0 aromatic heterocycles. The number of rotatable bonds is 8. The van der Waals surface area contributed by atoms with Gasteiger partial charge < -0.3 is 14.8 Å². The highest BCUT2D eigenvalue weighted by molar-refractivity contribution is 7.92. The van der Waals surface area contributed by atoms with Crippen molar-refractivity contribution in [2.45, 2.75) is 11.4 Å². The molecule has 0 heterocycles. The van der Waals surface area contributed by atoms with Crippen molar-refractivity contribution in [2.24, 2.45) is 0 Å². The zero-order valence-electron chi connectivity index (χ0n) is 18.1. The first-order valence-corrected chi connectivity index (χ1v) is 11.5. The number of ether oxygens (including phenoxy) is 2. The normalized spacial score (nSPS) is 11.1. The molecular weight excluding hydrogens is 471 g/mol. The van der Waals surface area contributed by atoms with Crippen LogP contribution in [0.3, 0.4) is 0 Å². The van der Waals surface area contributed by atoms with Crippen LogP contribution in [0.4, 0.5) is 10.1 Å². The number of carbonyl (C=O) groups excluding carboxylic acids is 1. The lowest BCUT2D eigenvalue weighted by Gasteiger charge is -2.23. The summed E-state index contributed by atoms with van der Waals surface area (Å²) in [6.07, 6.45) is 0. The maximum atomic E-state index is 13.8. The Balaban J connectivity index is 1.87. The monoisotopic (exact) mass is 492 g/mol. The van der Waals surface area contributed by atoms with Crippen molar-refractivity contribution >= 4 is 33.2 Å². The fraction of sp³-hybridized carbons (Fsp3) is 0.174. The van der Waals surface area contributed by atoms with E-state index in [1.165, 1.54) is 63.7 Å². The summed E-state index contributed by atoms with van der Waals surface area (Å²) in [5.74, 6) is -0.413. The SMILES string of the molecule is COc1cc(OC)c(N(C)S(=O)(=O)c2cccc(C(=O)NCc3ccccc3F)c2)cc1Cl. The average Bonchev–Trinajstić information content (AvgIpc) is 2.82. The number of hydrogen-bond acceptors (Lipinski definition) is 5. The Hall–Kier alpha value is -3.30. The molecule has 0 aliphatic rings. The number of carbonyl (C=O) groups is 1. The highest BCUT2D eigenvalue weighted by atomic mass is 35.5. The Labute approximate surface area is 196 Å². The molecule has 1 amide bonds. The summed E-state index contributed by atoms with van der Waals surface area (Å²) in [6, 6.07) is 14.5. The van der Waals surface area contributed by atoms with E-state index >= 15 is 0 Å². The molecule has 0 unspecified atom stereocenters. The van der Waals surface area contributed by atoms with Gasteiger partial charge in [-0.15, -0.1) is 0 Å². The van der Waals surface area contributed by atoms with Crippen LogP contribution >= 0.6 is 11.6 Å². The van der Waals surface area contributed by atoms with Gasteiger partial charge in [-0.1, -0.05) is 35.9 Å². The number of methoxy groups -OCH3 is 2. The first-order chi connectivity index (χ1) is 15.7. The molecule has 33 heavy (non-hydrogen) atoms. The van der Waals surface area contributed by atoms with E-state index in [9.17, 15) is 17.6 Å². The van der Waals surface area contributed by atoms with E-state index in [1.807, 2.05) is 0 Å². The minimum atomic E-state index is -4.08. The quantitative estimate of drug-likeness (QED) is 0.508. The Bertz CT molecular complexity index is 1280. The van der Waals surface area contributed by atoms with Crippen molar-refractivity contribution in [2.75, 3.05) is 25.6 Å². The van der Waals surface area contributed by atoms with Crippen LogP contribution in [-0.4, -0.2) is 35.6 Å². The lowest BCUT2D eigenvalue weighted by atomic mass is 10.2. The predicted molar refractivity (Wildman–Crippen MR) is 124 cm³/mol. The third-order valence-corrected chi connectivity index (χ3v) is 7.01. The summed E-state index contributed by atoms with van der Waals surface area (Å²) < 4.78 is 51.8. The van der Waals surface area contributed by atoms with E-state index < -0.39 is 21.7 Å². The van der Waals surface area contributed by atoms with Crippen molar-refractivity contribution in [3.05, 3.63) is 82.6 Å². The van der Waals surface area contributed by atoms with Gasteiger partial charge in [0.2, 0.25) is 0 Å². The molecule has 1 N–H and O–H groups in total. The maximum Gasteiger partial charge on any atom is 0.264 e. The first-order valence-electron chi connectivity index (χ1n) is 9.71. The topological polar surface area (TPSA) is 84.9 Å². The second-order valence-corrected chi connectivity index (χ2v) is 9.31. The van der Waals surface area contributed by atoms with Crippen molar-refractivity contribution in [3.63, 3.8) is 0 Å². The molecule has 7 nitrogen and oxygen atoms in total. The van der Waals surface area contributed by atoms with E-state index in [-0.39, 0.29) is 33.5 Å². The minimum Gasteiger partial charge on any atom is -0.495 e. The van der Waals surface area contributed by atoms with E-state index in [0.29, 0.717) is 11.3 Å². The number of halogens is 2. The summed E-state index contributed by atoms with van der Waals surface area (Å²) >= 11 is 6.18. The first kappa shape index (κ1) is 24.3. The molecule has 0 spiro atoms. The van der Waals surface area contributed by atoms with Gasteiger partial charge in [0, 0.05) is 30.8 Å². The number of nitrogens with one attached hydrogen (secondary N) is 1. The lowest BCUT2D eigenvalue weighted by molar-refractivity contribution is 0.0950. The van der Waals surface area contributed by atoms with Crippen molar-refractivity contribution in [1.29, 1.82) is 0 Å². The van der Waals surface area contributed by atoms with Crippen LogP contribution in [0.1, 0.15) is 15.9 Å². The van der Waals surface area contributed by atoms with Gasteiger partial charge in [-0.05, 0) is 30.3 Å². The Morgan fingerprint density at radius 3 is 2.39 bits per heavy atom. The van der Waals surface area contributed by atoms with E-state index in [4.69, 9.17) is 21.1 Å². The van der Waals surface area contributed by atoms with Gasteiger partial charge >= 0.3 is 0 Å². The van der Waals surface area contributed by atoms with Crippen LogP contribution in [0.2, 0.25) is 5.02 Å². The fourth-order valence-corrected chi connectivity index (χ4v) is 4.57. The summed E-state index contributed by atoms with van der Waals surface area (Å²) in [7, 11) is 0.101. The predicted octanol–water partition coefficient (Wildman–Crippen LogP) is 4.25. The number of nitrogens with zero attached hydrogens (tertiary/aromatic N) is 1. The zero-order chi connectivity index (χ0) is 24.2. The highest BCUT2D eigenvalue weighted by Gasteiger charge is 2.26. The average molecular weight is 493 g/mol. The molecule has 174 valence electrons. The number of anilines is 1. The molecule has 10 heteroatoms. The number of benzene rings is 3. The number of amides is 1. The molecule has 0 fully saturated rings. The molecule has 3 rings (SSSR count). The molecule has 3 aromatic rings. The van der Waals surface area contributed by atoms with Crippen LogP contribution in [0.5, 0.6) is 11.5 Å². The van der Waals surface area contributed by atoms with Gasteiger partial charge in [-0.25, -0.2) is 12.8 Å². The van der Waals surface area contributed by atoms with E-state index in [0.717, 1.165) is 4.31 Å². The summed E-state index contributed by atoms with van der Waals surface area (Å²) in [4.78, 5) is 12.5. The lowest BCUT2D eigenvalue weighted by Crippen LogP contribution is -2.28. The van der Waals surface area contributed by atoms with Crippen molar-refractivity contribution in [3.8, 4) is 11.5 Å². The summed E-state index contributed by atoms with van der Waals surface area (Å²) in [5, 5.41) is 2.80. The Morgan fingerprint density at radius 2 is 1.73 bits per heavy atom. The van der Waals surface area contributed by atoms with Crippen molar-refractivity contribution < 1.29 is 27.1 Å². The van der Waals surface area contributed by atoms with Gasteiger partial charge in [0.05, 0.1) is 29.8 Å². The molecule has 0 radical (unpaired) electrons. The van der Waals surface area contributed by atoms with E-state index in [1.54, 1.807) is 18.2 Å². The molecule has 0 atom stereocenters. The second-order valence-electron chi connectivity index (χ2n) is 6.93. The van der Waals surface area contributed by atoms with Crippen LogP contribution in [0.15, 0.2) is 65.6 Å². The Kier molecular flexibility index (Phi) is 7.45. The molecule has 0 saturated heterocycles.